The lowest BCUT2D eigenvalue weighted by Gasteiger charge is -2.24. The predicted octanol–water partition coefficient (Wildman–Crippen LogP) is 3.07. The van der Waals surface area contributed by atoms with Crippen molar-refractivity contribution in [3.8, 4) is 0 Å². The van der Waals surface area contributed by atoms with E-state index in [1.165, 1.54) is 23.1 Å². The highest BCUT2D eigenvalue weighted by molar-refractivity contribution is 7.11. The first-order chi connectivity index (χ1) is 11.9. The third-order valence-corrected chi connectivity index (χ3v) is 5.44. The number of hydrogen-bond donors (Lipinski definition) is 2. The van der Waals surface area contributed by atoms with Crippen LogP contribution in [0.25, 0.3) is 0 Å². The molecule has 2 amide bonds. The molecule has 1 aliphatic rings. The molecule has 0 bridgehead atoms. The molecule has 2 heterocycles. The molecule has 0 spiro atoms. The molecule has 0 saturated carbocycles. The predicted molar refractivity (Wildman–Crippen MR) is 95.3 cm³/mol. The van der Waals surface area contributed by atoms with Crippen molar-refractivity contribution in [3.05, 3.63) is 45.2 Å². The Morgan fingerprint density at radius 3 is 2.96 bits per heavy atom. The zero-order valence-corrected chi connectivity index (χ0v) is 15.0. The summed E-state index contributed by atoms with van der Waals surface area (Å²) in [5.74, 6) is -1.53. The second-order valence-corrected chi connectivity index (χ2v) is 7.47. The number of hydrogen-bond acceptors (Lipinski definition) is 4. The minimum absolute atomic E-state index is 0.0349. The van der Waals surface area contributed by atoms with E-state index in [9.17, 15) is 14.0 Å². The Bertz CT molecular complexity index is 799. The number of benzene rings is 1. The van der Waals surface area contributed by atoms with Gasteiger partial charge >= 0.3 is 0 Å². The Labute approximate surface area is 149 Å². The number of nitrogens with zero attached hydrogens (tertiary/aromatic N) is 1. The number of halogens is 1. The van der Waals surface area contributed by atoms with E-state index in [1.807, 2.05) is 13.8 Å². The summed E-state index contributed by atoms with van der Waals surface area (Å²) >= 11 is 1.68. The maximum Gasteiger partial charge on any atom is 0.228 e. The van der Waals surface area contributed by atoms with Crippen LogP contribution in [0.2, 0.25) is 0 Å². The molecule has 0 radical (unpaired) electrons. The minimum atomic E-state index is -0.649. The molecule has 5 nitrogen and oxygen atoms in total. The SMILES string of the molecule is Cc1nc(CCCNC(=O)[C@@H]2CC(=O)Nc3ccc(F)cc32)sc1C. The summed E-state index contributed by atoms with van der Waals surface area (Å²) < 4.78 is 13.5. The van der Waals surface area contributed by atoms with Crippen molar-refractivity contribution >= 4 is 28.8 Å². The maximum atomic E-state index is 13.5. The summed E-state index contributed by atoms with van der Waals surface area (Å²) in [7, 11) is 0. The molecule has 2 aromatic rings. The molecule has 0 aliphatic carbocycles. The highest BCUT2D eigenvalue weighted by Crippen LogP contribution is 2.32. The number of rotatable bonds is 5. The molecule has 1 aromatic heterocycles. The van der Waals surface area contributed by atoms with Crippen LogP contribution in [0.1, 0.15) is 39.9 Å². The highest BCUT2D eigenvalue weighted by atomic mass is 32.1. The number of thiazole rings is 1. The van der Waals surface area contributed by atoms with Crippen molar-refractivity contribution < 1.29 is 14.0 Å². The molecule has 0 unspecified atom stereocenters. The van der Waals surface area contributed by atoms with Crippen LogP contribution in [-0.2, 0) is 16.0 Å². The smallest absolute Gasteiger partial charge is 0.228 e. The van der Waals surface area contributed by atoms with Crippen molar-refractivity contribution in [2.24, 2.45) is 0 Å². The van der Waals surface area contributed by atoms with Crippen molar-refractivity contribution in [1.29, 1.82) is 0 Å². The van der Waals surface area contributed by atoms with E-state index < -0.39 is 11.7 Å². The zero-order chi connectivity index (χ0) is 18.0. The van der Waals surface area contributed by atoms with Gasteiger partial charge in [0.05, 0.1) is 16.6 Å². The van der Waals surface area contributed by atoms with Crippen LogP contribution in [0.4, 0.5) is 10.1 Å². The molecule has 1 atom stereocenters. The first-order valence-corrected chi connectivity index (χ1v) is 9.05. The lowest BCUT2D eigenvalue weighted by Crippen LogP contribution is -2.35. The van der Waals surface area contributed by atoms with Gasteiger partial charge in [-0.3, -0.25) is 9.59 Å². The normalized spacial score (nSPS) is 16.3. The molecule has 25 heavy (non-hydrogen) atoms. The third kappa shape index (κ3) is 4.04. The fourth-order valence-corrected chi connectivity index (χ4v) is 3.86. The van der Waals surface area contributed by atoms with Crippen molar-refractivity contribution in [1.82, 2.24) is 10.3 Å². The molecule has 132 valence electrons. The summed E-state index contributed by atoms with van der Waals surface area (Å²) in [4.78, 5) is 29.9. The van der Waals surface area contributed by atoms with Gasteiger partial charge < -0.3 is 10.6 Å². The Morgan fingerprint density at radius 2 is 2.24 bits per heavy atom. The fourth-order valence-electron chi connectivity index (χ4n) is 2.89. The average molecular weight is 361 g/mol. The first-order valence-electron chi connectivity index (χ1n) is 8.24. The standard InChI is InChI=1S/C18H20FN3O2S/c1-10-11(2)25-17(21-10)4-3-7-20-18(24)14-9-16(23)22-15-6-5-12(19)8-13(14)15/h5-6,8,14H,3-4,7,9H2,1-2H3,(H,20,24)(H,22,23)/t14-/m1/s1. The number of aryl methyl sites for hydroxylation is 3. The van der Waals surface area contributed by atoms with E-state index in [4.69, 9.17) is 0 Å². The van der Waals surface area contributed by atoms with Crippen LogP contribution in [0.3, 0.4) is 0 Å². The van der Waals surface area contributed by atoms with Crippen molar-refractivity contribution in [2.45, 2.75) is 39.0 Å². The van der Waals surface area contributed by atoms with Crippen LogP contribution in [0.15, 0.2) is 18.2 Å². The molecule has 1 aromatic carbocycles. The van der Waals surface area contributed by atoms with Crippen LogP contribution < -0.4 is 10.6 Å². The lowest BCUT2D eigenvalue weighted by molar-refractivity contribution is -0.126. The van der Waals surface area contributed by atoms with Gasteiger partial charge in [-0.05, 0) is 44.0 Å². The molecule has 2 N–H and O–H groups in total. The Morgan fingerprint density at radius 1 is 1.44 bits per heavy atom. The number of aromatic nitrogens is 1. The molecule has 7 heteroatoms. The quantitative estimate of drug-likeness (QED) is 0.804. The third-order valence-electron chi connectivity index (χ3n) is 4.31. The zero-order valence-electron chi connectivity index (χ0n) is 14.2. The van der Waals surface area contributed by atoms with Gasteiger partial charge in [0.1, 0.15) is 5.82 Å². The van der Waals surface area contributed by atoms with Crippen LogP contribution >= 0.6 is 11.3 Å². The van der Waals surface area contributed by atoms with E-state index in [0.29, 0.717) is 17.8 Å². The Kier molecular flexibility index (Phi) is 5.13. The van der Waals surface area contributed by atoms with Crippen molar-refractivity contribution in [2.75, 3.05) is 11.9 Å². The average Bonchev–Trinajstić information content (AvgIpc) is 2.89. The van der Waals surface area contributed by atoms with Gasteiger partial charge in [0.2, 0.25) is 11.8 Å². The van der Waals surface area contributed by atoms with Gasteiger partial charge in [0.25, 0.3) is 0 Å². The second-order valence-electron chi connectivity index (χ2n) is 6.18. The topological polar surface area (TPSA) is 71.1 Å². The summed E-state index contributed by atoms with van der Waals surface area (Å²) in [6.45, 7) is 4.53. The summed E-state index contributed by atoms with van der Waals surface area (Å²) in [5.41, 5.74) is 2.09. The van der Waals surface area contributed by atoms with Crippen LogP contribution in [0, 0.1) is 19.7 Å². The number of nitrogens with one attached hydrogen (secondary N) is 2. The van der Waals surface area contributed by atoms with Crippen molar-refractivity contribution in [3.63, 3.8) is 0 Å². The fraction of sp³-hybridized carbons (Fsp3) is 0.389. The molecular formula is C18H20FN3O2S. The molecule has 1 aliphatic heterocycles. The van der Waals surface area contributed by atoms with Gasteiger partial charge in [-0.15, -0.1) is 11.3 Å². The Balaban J connectivity index is 1.58. The molecule has 0 fully saturated rings. The number of amides is 2. The van der Waals surface area contributed by atoms with E-state index in [1.54, 1.807) is 11.3 Å². The summed E-state index contributed by atoms with van der Waals surface area (Å²) in [5, 5.41) is 6.60. The Hall–Kier alpha value is -2.28. The van der Waals surface area contributed by atoms with Gasteiger partial charge in [-0.1, -0.05) is 0 Å². The number of carbonyl (C=O) groups is 2. The lowest BCUT2D eigenvalue weighted by atomic mass is 9.89. The van der Waals surface area contributed by atoms with Crippen LogP contribution in [-0.4, -0.2) is 23.3 Å². The first kappa shape index (κ1) is 17.5. The van der Waals surface area contributed by atoms with E-state index in [-0.39, 0.29) is 18.2 Å². The molecule has 3 rings (SSSR count). The van der Waals surface area contributed by atoms with Crippen LogP contribution in [0.5, 0.6) is 0 Å². The monoisotopic (exact) mass is 361 g/mol. The molecule has 0 saturated heterocycles. The number of carbonyl (C=O) groups excluding carboxylic acids is 2. The van der Waals surface area contributed by atoms with Gasteiger partial charge in [-0.2, -0.15) is 0 Å². The number of anilines is 1. The van der Waals surface area contributed by atoms with Gasteiger partial charge in [0.15, 0.2) is 0 Å². The maximum absolute atomic E-state index is 13.5. The minimum Gasteiger partial charge on any atom is -0.356 e. The summed E-state index contributed by atoms with van der Waals surface area (Å²) in [6.07, 6.45) is 1.61. The van der Waals surface area contributed by atoms with Gasteiger partial charge in [0, 0.05) is 30.0 Å². The van der Waals surface area contributed by atoms with Gasteiger partial charge in [-0.25, -0.2) is 9.37 Å². The van der Waals surface area contributed by atoms with E-state index >= 15 is 0 Å². The second kappa shape index (κ2) is 7.31. The number of fused-ring (bicyclic) bond motifs is 1. The highest BCUT2D eigenvalue weighted by Gasteiger charge is 2.30. The molecular weight excluding hydrogens is 341 g/mol. The largest absolute Gasteiger partial charge is 0.356 e. The van der Waals surface area contributed by atoms with E-state index in [0.717, 1.165) is 23.5 Å². The summed E-state index contributed by atoms with van der Waals surface area (Å²) in [6, 6.07) is 4.09. The van der Waals surface area contributed by atoms with E-state index in [2.05, 4.69) is 15.6 Å².